The van der Waals surface area contributed by atoms with E-state index < -0.39 is 0 Å². The first-order valence-corrected chi connectivity index (χ1v) is 6.21. The van der Waals surface area contributed by atoms with Crippen molar-refractivity contribution in [2.24, 2.45) is 0 Å². The van der Waals surface area contributed by atoms with Crippen LogP contribution in [0.2, 0.25) is 0 Å². The number of pyridine rings is 1. The molecule has 1 aromatic heterocycles. The molecule has 1 unspecified atom stereocenters. The van der Waals surface area contributed by atoms with E-state index in [1.54, 1.807) is 12.3 Å². The molecule has 0 bridgehead atoms. The molecular weight excluding hydrogens is 238 g/mol. The summed E-state index contributed by atoms with van der Waals surface area (Å²) in [7, 11) is 0. The zero-order valence-electron chi connectivity index (χ0n) is 10.8. The maximum atomic E-state index is 12.0. The van der Waals surface area contributed by atoms with Crippen molar-refractivity contribution < 1.29 is 4.79 Å². The molecule has 1 aromatic carbocycles. The highest BCUT2D eigenvalue weighted by Crippen LogP contribution is 2.14. The molecule has 19 heavy (non-hydrogen) atoms. The highest BCUT2D eigenvalue weighted by atomic mass is 16.1. The number of carbonyl (C=O) groups is 1. The van der Waals surface area contributed by atoms with Gasteiger partial charge in [0.25, 0.3) is 5.91 Å². The zero-order valence-corrected chi connectivity index (χ0v) is 10.8. The van der Waals surface area contributed by atoms with Crippen molar-refractivity contribution in [2.45, 2.75) is 12.8 Å². The number of hydrogen-bond acceptors (Lipinski definition) is 3. The summed E-state index contributed by atoms with van der Waals surface area (Å²) in [6, 6.07) is 11.7. The van der Waals surface area contributed by atoms with E-state index in [0.717, 1.165) is 0 Å². The van der Waals surface area contributed by atoms with Gasteiger partial charge >= 0.3 is 0 Å². The van der Waals surface area contributed by atoms with Crippen LogP contribution < -0.4 is 11.1 Å². The SMILES string of the molecule is CC(CNC(=O)c1cnccc1N)c1ccccc1. The molecular formula is C15H17N3O. The number of nitrogens with zero attached hydrogens (tertiary/aromatic N) is 1. The molecule has 2 rings (SSSR count). The van der Waals surface area contributed by atoms with Gasteiger partial charge in [-0.2, -0.15) is 0 Å². The largest absolute Gasteiger partial charge is 0.398 e. The second-order valence-electron chi connectivity index (χ2n) is 4.48. The smallest absolute Gasteiger partial charge is 0.254 e. The van der Waals surface area contributed by atoms with E-state index in [2.05, 4.69) is 29.4 Å². The molecule has 3 N–H and O–H groups in total. The summed E-state index contributed by atoms with van der Waals surface area (Å²) < 4.78 is 0. The Balaban J connectivity index is 1.96. The summed E-state index contributed by atoms with van der Waals surface area (Å²) >= 11 is 0. The Hall–Kier alpha value is -2.36. The Morgan fingerprint density at radius 1 is 1.32 bits per heavy atom. The van der Waals surface area contributed by atoms with E-state index >= 15 is 0 Å². The molecule has 0 fully saturated rings. The van der Waals surface area contributed by atoms with Crippen LogP contribution in [0.3, 0.4) is 0 Å². The Morgan fingerprint density at radius 3 is 2.74 bits per heavy atom. The predicted molar refractivity (Wildman–Crippen MR) is 75.8 cm³/mol. The zero-order chi connectivity index (χ0) is 13.7. The minimum atomic E-state index is -0.187. The van der Waals surface area contributed by atoms with E-state index in [4.69, 9.17) is 5.73 Å². The maximum Gasteiger partial charge on any atom is 0.254 e. The lowest BCUT2D eigenvalue weighted by Gasteiger charge is -2.13. The third-order valence-corrected chi connectivity index (χ3v) is 3.04. The van der Waals surface area contributed by atoms with Gasteiger partial charge in [-0.25, -0.2) is 0 Å². The Bertz CT molecular complexity index is 554. The molecule has 0 saturated carbocycles. The average molecular weight is 255 g/mol. The molecule has 1 heterocycles. The molecule has 0 aliphatic carbocycles. The van der Waals surface area contributed by atoms with Crippen molar-refractivity contribution in [2.75, 3.05) is 12.3 Å². The van der Waals surface area contributed by atoms with Gasteiger partial charge in [-0.3, -0.25) is 9.78 Å². The maximum absolute atomic E-state index is 12.0. The lowest BCUT2D eigenvalue weighted by Crippen LogP contribution is -2.28. The van der Waals surface area contributed by atoms with Gasteiger partial charge in [-0.1, -0.05) is 37.3 Å². The van der Waals surface area contributed by atoms with Gasteiger partial charge in [0.05, 0.1) is 5.56 Å². The van der Waals surface area contributed by atoms with Gasteiger partial charge in [-0.15, -0.1) is 0 Å². The van der Waals surface area contributed by atoms with E-state index in [0.29, 0.717) is 17.8 Å². The van der Waals surface area contributed by atoms with Crippen LogP contribution in [-0.4, -0.2) is 17.4 Å². The van der Waals surface area contributed by atoms with Crippen molar-refractivity contribution in [1.29, 1.82) is 0 Å². The van der Waals surface area contributed by atoms with E-state index in [9.17, 15) is 4.79 Å². The first-order chi connectivity index (χ1) is 9.18. The van der Waals surface area contributed by atoms with Crippen molar-refractivity contribution >= 4 is 11.6 Å². The summed E-state index contributed by atoms with van der Waals surface area (Å²) in [5.74, 6) is 0.0661. The lowest BCUT2D eigenvalue weighted by molar-refractivity contribution is 0.0952. The second kappa shape index (κ2) is 6.00. The monoisotopic (exact) mass is 255 g/mol. The quantitative estimate of drug-likeness (QED) is 0.880. The first kappa shape index (κ1) is 13.1. The topological polar surface area (TPSA) is 68.0 Å². The number of benzene rings is 1. The fourth-order valence-electron chi connectivity index (χ4n) is 1.84. The minimum Gasteiger partial charge on any atom is -0.398 e. The van der Waals surface area contributed by atoms with Gasteiger partial charge in [0, 0.05) is 24.6 Å². The van der Waals surface area contributed by atoms with Crippen molar-refractivity contribution in [3.05, 3.63) is 59.9 Å². The number of nitrogen functional groups attached to an aromatic ring is 1. The second-order valence-corrected chi connectivity index (χ2v) is 4.48. The number of anilines is 1. The molecule has 2 aromatic rings. The summed E-state index contributed by atoms with van der Waals surface area (Å²) in [6.45, 7) is 2.64. The number of carbonyl (C=O) groups excluding carboxylic acids is 1. The number of nitrogens with two attached hydrogens (primary N) is 1. The Labute approximate surface area is 112 Å². The number of amides is 1. The summed E-state index contributed by atoms with van der Waals surface area (Å²) in [6.07, 6.45) is 3.05. The molecule has 0 radical (unpaired) electrons. The van der Waals surface area contributed by atoms with Gasteiger partial charge < -0.3 is 11.1 Å². The number of nitrogens with one attached hydrogen (secondary N) is 1. The number of hydrogen-bond donors (Lipinski definition) is 2. The van der Waals surface area contributed by atoms with E-state index in [-0.39, 0.29) is 11.8 Å². The third-order valence-electron chi connectivity index (χ3n) is 3.04. The van der Waals surface area contributed by atoms with Crippen LogP contribution in [0.5, 0.6) is 0 Å². The third kappa shape index (κ3) is 3.31. The van der Waals surface area contributed by atoms with Crippen LogP contribution in [0.25, 0.3) is 0 Å². The highest BCUT2D eigenvalue weighted by Gasteiger charge is 2.11. The van der Waals surface area contributed by atoms with Crippen LogP contribution in [0, 0.1) is 0 Å². The predicted octanol–water partition coefficient (Wildman–Crippen LogP) is 2.20. The van der Waals surface area contributed by atoms with Gasteiger partial charge in [0.2, 0.25) is 0 Å². The van der Waals surface area contributed by atoms with Crippen molar-refractivity contribution in [3.63, 3.8) is 0 Å². The Kier molecular flexibility index (Phi) is 4.13. The average Bonchev–Trinajstić information content (AvgIpc) is 2.46. The molecule has 0 spiro atoms. The molecule has 4 nitrogen and oxygen atoms in total. The van der Waals surface area contributed by atoms with Gasteiger partial charge in [-0.05, 0) is 17.5 Å². The Morgan fingerprint density at radius 2 is 2.05 bits per heavy atom. The number of rotatable bonds is 4. The van der Waals surface area contributed by atoms with E-state index in [1.165, 1.54) is 11.8 Å². The highest BCUT2D eigenvalue weighted by molar-refractivity contribution is 5.98. The fraction of sp³-hybridized carbons (Fsp3) is 0.200. The van der Waals surface area contributed by atoms with Gasteiger partial charge in [0.15, 0.2) is 0 Å². The molecule has 1 atom stereocenters. The summed E-state index contributed by atoms with van der Waals surface area (Å²) in [4.78, 5) is 15.9. The van der Waals surface area contributed by atoms with Crippen LogP contribution in [0.4, 0.5) is 5.69 Å². The normalized spacial score (nSPS) is 11.8. The molecule has 98 valence electrons. The molecule has 0 aliphatic heterocycles. The summed E-state index contributed by atoms with van der Waals surface area (Å²) in [5, 5.41) is 2.88. The molecule has 1 amide bonds. The summed E-state index contributed by atoms with van der Waals surface area (Å²) in [5.41, 5.74) is 7.80. The standard InChI is InChI=1S/C15H17N3O/c1-11(12-5-3-2-4-6-12)9-18-15(19)13-10-17-8-7-14(13)16/h2-8,10-11H,9H2,1H3,(H2,16,17)(H,18,19). The van der Waals surface area contributed by atoms with Crippen molar-refractivity contribution in [3.8, 4) is 0 Å². The van der Waals surface area contributed by atoms with Gasteiger partial charge in [0.1, 0.15) is 0 Å². The number of aromatic nitrogens is 1. The lowest BCUT2D eigenvalue weighted by atomic mass is 10.0. The molecule has 0 aliphatic rings. The minimum absolute atomic E-state index is 0.187. The van der Waals surface area contributed by atoms with Crippen LogP contribution in [0.1, 0.15) is 28.8 Å². The van der Waals surface area contributed by atoms with E-state index in [1.807, 2.05) is 18.2 Å². The fourth-order valence-corrected chi connectivity index (χ4v) is 1.84. The van der Waals surface area contributed by atoms with Crippen LogP contribution in [0.15, 0.2) is 48.8 Å². The first-order valence-electron chi connectivity index (χ1n) is 6.21. The van der Waals surface area contributed by atoms with Crippen LogP contribution in [-0.2, 0) is 0 Å². The van der Waals surface area contributed by atoms with Crippen LogP contribution >= 0.6 is 0 Å². The molecule has 4 heteroatoms. The molecule has 0 saturated heterocycles. The van der Waals surface area contributed by atoms with Crippen molar-refractivity contribution in [1.82, 2.24) is 10.3 Å².